The summed E-state index contributed by atoms with van der Waals surface area (Å²) in [4.78, 5) is 60.1. The van der Waals surface area contributed by atoms with Crippen molar-refractivity contribution in [3.8, 4) is 11.1 Å². The number of amides is 3. The number of rotatable bonds is 11. The van der Waals surface area contributed by atoms with E-state index in [1.807, 2.05) is 18.2 Å². The number of benzene rings is 2. The largest absolute Gasteiger partial charge is 0.348 e. The van der Waals surface area contributed by atoms with Gasteiger partial charge in [0.25, 0.3) is 0 Å². The standard InChI is InChI=1S/C30H32FN7O5/c1-36-30-20(16-34-36)7-8-22(28(30)31)21-4-2-5-23-27(21)29(19-9-12-37(13-10-19)26(43)6-3-14-39)35-38(23)18-25(42)33-17-24(41)32-11-15-40/h2,4-5,7-8,14-16,19H,3,6,9-13,17-18H2,1H3,(H,32,41)(H,33,42). The van der Waals surface area contributed by atoms with Gasteiger partial charge >= 0.3 is 0 Å². The number of hydrogen-bond acceptors (Lipinski definition) is 7. The maximum atomic E-state index is 16.0. The van der Waals surface area contributed by atoms with Crippen LogP contribution in [0.25, 0.3) is 32.9 Å². The molecule has 4 aromatic rings. The van der Waals surface area contributed by atoms with Crippen molar-refractivity contribution >= 4 is 52.1 Å². The Morgan fingerprint density at radius 2 is 1.81 bits per heavy atom. The van der Waals surface area contributed by atoms with E-state index in [2.05, 4.69) is 15.7 Å². The predicted octanol–water partition coefficient (Wildman–Crippen LogP) is 1.85. The lowest BCUT2D eigenvalue weighted by Crippen LogP contribution is -2.39. The first-order valence-electron chi connectivity index (χ1n) is 14.1. The molecule has 1 fully saturated rings. The van der Waals surface area contributed by atoms with Crippen molar-refractivity contribution in [2.75, 3.05) is 26.2 Å². The normalized spacial score (nSPS) is 13.8. The van der Waals surface area contributed by atoms with Crippen LogP contribution >= 0.6 is 0 Å². The van der Waals surface area contributed by atoms with Gasteiger partial charge in [-0.2, -0.15) is 10.2 Å². The molecule has 2 aromatic heterocycles. The van der Waals surface area contributed by atoms with Crippen molar-refractivity contribution in [2.24, 2.45) is 7.05 Å². The van der Waals surface area contributed by atoms with E-state index in [9.17, 15) is 24.0 Å². The van der Waals surface area contributed by atoms with Gasteiger partial charge in [-0.1, -0.05) is 24.3 Å². The first-order valence-corrected chi connectivity index (χ1v) is 14.1. The van der Waals surface area contributed by atoms with Crippen molar-refractivity contribution in [1.29, 1.82) is 0 Å². The summed E-state index contributed by atoms with van der Waals surface area (Å²) in [5, 5.41) is 15.3. The second-order valence-corrected chi connectivity index (χ2v) is 10.5. The van der Waals surface area contributed by atoms with Gasteiger partial charge in [0, 0.05) is 55.2 Å². The van der Waals surface area contributed by atoms with Crippen LogP contribution in [-0.2, 0) is 37.6 Å². The lowest BCUT2D eigenvalue weighted by atomic mass is 9.88. The van der Waals surface area contributed by atoms with Crippen molar-refractivity contribution in [1.82, 2.24) is 35.1 Å². The Bertz CT molecular complexity index is 1700. The van der Waals surface area contributed by atoms with Crippen LogP contribution in [0.2, 0.25) is 0 Å². The van der Waals surface area contributed by atoms with Crippen molar-refractivity contribution < 1.29 is 28.4 Å². The summed E-state index contributed by atoms with van der Waals surface area (Å²) >= 11 is 0. The molecule has 1 saturated heterocycles. The van der Waals surface area contributed by atoms with Gasteiger partial charge in [0.1, 0.15) is 24.6 Å². The third-order valence-electron chi connectivity index (χ3n) is 7.77. The molecular weight excluding hydrogens is 557 g/mol. The van der Waals surface area contributed by atoms with Gasteiger partial charge in [-0.3, -0.25) is 23.7 Å². The minimum Gasteiger partial charge on any atom is -0.348 e. The number of likely N-dealkylation sites (tertiary alicyclic amines) is 1. The molecule has 2 aromatic carbocycles. The van der Waals surface area contributed by atoms with E-state index in [1.165, 1.54) is 4.68 Å². The summed E-state index contributed by atoms with van der Waals surface area (Å²) in [5.74, 6) is -1.51. The highest BCUT2D eigenvalue weighted by molar-refractivity contribution is 6.00. The third kappa shape index (κ3) is 6.15. The second-order valence-electron chi connectivity index (χ2n) is 10.5. The molecule has 224 valence electrons. The highest BCUT2D eigenvalue weighted by Gasteiger charge is 2.29. The molecule has 1 aliphatic heterocycles. The van der Waals surface area contributed by atoms with E-state index in [0.717, 1.165) is 6.29 Å². The first-order chi connectivity index (χ1) is 20.8. The number of aromatic nitrogens is 4. The van der Waals surface area contributed by atoms with Gasteiger partial charge in [0.15, 0.2) is 5.82 Å². The van der Waals surface area contributed by atoms with Crippen LogP contribution in [0.3, 0.4) is 0 Å². The molecule has 12 nitrogen and oxygen atoms in total. The fourth-order valence-electron chi connectivity index (χ4n) is 5.65. The zero-order chi connectivity index (χ0) is 30.5. The number of piperidine rings is 1. The summed E-state index contributed by atoms with van der Waals surface area (Å²) in [6.45, 7) is 0.353. The molecule has 0 atom stereocenters. The van der Waals surface area contributed by atoms with Crippen LogP contribution in [-0.4, -0.2) is 80.9 Å². The molecule has 3 heterocycles. The Hall–Kier alpha value is -4.94. The number of nitrogens with one attached hydrogen (secondary N) is 2. The smallest absolute Gasteiger partial charge is 0.242 e. The molecule has 2 N–H and O–H groups in total. The predicted molar refractivity (Wildman–Crippen MR) is 155 cm³/mol. The zero-order valence-electron chi connectivity index (χ0n) is 23.7. The van der Waals surface area contributed by atoms with Crippen LogP contribution in [0.15, 0.2) is 36.5 Å². The molecule has 5 rings (SSSR count). The van der Waals surface area contributed by atoms with Gasteiger partial charge in [-0.05, 0) is 24.5 Å². The highest BCUT2D eigenvalue weighted by Crippen LogP contribution is 2.40. The fourth-order valence-corrected chi connectivity index (χ4v) is 5.65. The molecule has 3 amide bonds. The van der Waals surface area contributed by atoms with Gasteiger partial charge < -0.3 is 25.1 Å². The average molecular weight is 590 g/mol. The van der Waals surface area contributed by atoms with Crippen LogP contribution in [0.4, 0.5) is 4.39 Å². The summed E-state index contributed by atoms with van der Waals surface area (Å²) in [5.41, 5.74) is 2.70. The van der Waals surface area contributed by atoms with E-state index in [-0.39, 0.29) is 44.3 Å². The molecule has 0 aliphatic carbocycles. The van der Waals surface area contributed by atoms with E-state index in [4.69, 9.17) is 5.10 Å². The lowest BCUT2D eigenvalue weighted by molar-refractivity contribution is -0.133. The van der Waals surface area contributed by atoms with Gasteiger partial charge in [0.05, 0.1) is 30.5 Å². The maximum Gasteiger partial charge on any atom is 0.242 e. The van der Waals surface area contributed by atoms with Crippen molar-refractivity contribution in [3.05, 3.63) is 48.0 Å². The van der Waals surface area contributed by atoms with Crippen LogP contribution in [0.1, 0.15) is 37.3 Å². The summed E-state index contributed by atoms with van der Waals surface area (Å²) in [6.07, 6.45) is 4.47. The number of hydrogen-bond donors (Lipinski definition) is 2. The summed E-state index contributed by atoms with van der Waals surface area (Å²) in [6, 6.07) is 8.96. The number of halogens is 1. The van der Waals surface area contributed by atoms with Crippen LogP contribution < -0.4 is 10.6 Å². The minimum atomic E-state index is -0.496. The van der Waals surface area contributed by atoms with E-state index in [0.29, 0.717) is 70.8 Å². The van der Waals surface area contributed by atoms with Crippen LogP contribution in [0, 0.1) is 5.82 Å². The van der Waals surface area contributed by atoms with Crippen molar-refractivity contribution in [2.45, 2.75) is 38.1 Å². The number of carbonyl (C=O) groups is 5. The zero-order valence-corrected chi connectivity index (χ0v) is 23.7. The number of aldehydes is 2. The fraction of sp³-hybridized carbons (Fsp3) is 0.367. The summed E-state index contributed by atoms with van der Waals surface area (Å²) in [7, 11) is 1.68. The first kappa shape index (κ1) is 29.5. The molecular formula is C30H32FN7O5. The third-order valence-corrected chi connectivity index (χ3v) is 7.77. The summed E-state index contributed by atoms with van der Waals surface area (Å²) < 4.78 is 19.0. The molecule has 0 unspecified atom stereocenters. The maximum absolute atomic E-state index is 16.0. The molecule has 0 bridgehead atoms. The second kappa shape index (κ2) is 12.9. The molecule has 0 spiro atoms. The van der Waals surface area contributed by atoms with Gasteiger partial charge in [-0.15, -0.1) is 0 Å². The number of nitrogens with zero attached hydrogens (tertiary/aromatic N) is 5. The van der Waals surface area contributed by atoms with Gasteiger partial charge in [-0.25, -0.2) is 4.39 Å². The highest BCUT2D eigenvalue weighted by atomic mass is 19.1. The Labute approximate surface area is 246 Å². The average Bonchev–Trinajstić information content (AvgIpc) is 3.58. The quantitative estimate of drug-likeness (QED) is 0.254. The van der Waals surface area contributed by atoms with E-state index < -0.39 is 17.6 Å². The number of fused-ring (bicyclic) bond motifs is 2. The molecule has 0 saturated carbocycles. The Morgan fingerprint density at radius 1 is 1.02 bits per heavy atom. The molecule has 0 radical (unpaired) electrons. The lowest BCUT2D eigenvalue weighted by Gasteiger charge is -2.31. The molecule has 1 aliphatic rings. The molecule has 13 heteroatoms. The van der Waals surface area contributed by atoms with Crippen LogP contribution in [0.5, 0.6) is 0 Å². The Kier molecular flexibility index (Phi) is 8.88. The SMILES string of the molecule is Cn1ncc2ccc(-c3cccc4c3c(C3CCN(C(=O)CCC=O)CC3)nn4CC(=O)NCC(=O)NCC=O)c(F)c21. The molecule has 43 heavy (non-hydrogen) atoms. The monoisotopic (exact) mass is 589 g/mol. The van der Waals surface area contributed by atoms with Gasteiger partial charge in [0.2, 0.25) is 17.7 Å². The van der Waals surface area contributed by atoms with Crippen molar-refractivity contribution in [3.63, 3.8) is 0 Å². The Morgan fingerprint density at radius 3 is 2.56 bits per heavy atom. The topological polar surface area (TPSA) is 148 Å². The number of carbonyl (C=O) groups excluding carboxylic acids is 5. The minimum absolute atomic E-state index is 0.0676. The van der Waals surface area contributed by atoms with E-state index in [1.54, 1.807) is 35.0 Å². The van der Waals surface area contributed by atoms with E-state index >= 15 is 4.39 Å². The Balaban J connectivity index is 1.51. The number of aryl methyl sites for hydroxylation is 1.